The first-order chi connectivity index (χ1) is 20.5. The zero-order valence-electron chi connectivity index (χ0n) is 24.8. The van der Waals surface area contributed by atoms with Crippen LogP contribution >= 0.6 is 0 Å². The monoisotopic (exact) mass is 585 g/mol. The van der Waals surface area contributed by atoms with Gasteiger partial charge in [-0.2, -0.15) is 5.10 Å². The molecule has 43 heavy (non-hydrogen) atoms. The van der Waals surface area contributed by atoms with Crippen LogP contribution in [0.3, 0.4) is 0 Å². The first-order valence-corrected chi connectivity index (χ1v) is 13.7. The minimum Gasteiger partial charge on any atom is -0.507 e. The van der Waals surface area contributed by atoms with E-state index < -0.39 is 23.0 Å². The van der Waals surface area contributed by atoms with Crippen LogP contribution in [0.1, 0.15) is 50.7 Å². The van der Waals surface area contributed by atoms with E-state index in [9.17, 15) is 19.5 Å². The molecule has 4 aromatic rings. The number of ether oxygens (including phenoxy) is 2. The number of hydrazone groups is 1. The van der Waals surface area contributed by atoms with Gasteiger partial charge in [0.05, 0.1) is 37.3 Å². The van der Waals surface area contributed by atoms with Gasteiger partial charge in [-0.1, -0.05) is 48.5 Å². The molecule has 1 unspecified atom stereocenters. The van der Waals surface area contributed by atoms with E-state index in [-0.39, 0.29) is 41.2 Å². The summed E-state index contributed by atoms with van der Waals surface area (Å²) >= 11 is 0. The number of anilines is 1. The van der Waals surface area contributed by atoms with Crippen molar-refractivity contribution in [3.63, 3.8) is 0 Å². The highest BCUT2D eigenvalue weighted by atomic mass is 16.5. The number of hydrogen-bond donors (Lipinski definition) is 3. The third-order valence-electron chi connectivity index (χ3n) is 6.61. The molecule has 1 aromatic heterocycles. The summed E-state index contributed by atoms with van der Waals surface area (Å²) in [5.41, 5.74) is 2.77. The van der Waals surface area contributed by atoms with E-state index >= 15 is 0 Å². The highest BCUT2D eigenvalue weighted by Crippen LogP contribution is 2.37. The molecule has 0 saturated heterocycles. The van der Waals surface area contributed by atoms with Crippen molar-refractivity contribution in [3.8, 4) is 17.2 Å². The number of para-hydroxylation sites is 2. The lowest BCUT2D eigenvalue weighted by Gasteiger charge is -2.20. The Kier molecular flexibility index (Phi) is 9.49. The Morgan fingerprint density at radius 2 is 1.65 bits per heavy atom. The Bertz CT molecular complexity index is 1710. The number of fused-ring (bicyclic) bond motifs is 1. The van der Waals surface area contributed by atoms with Gasteiger partial charge in [0.1, 0.15) is 22.8 Å². The van der Waals surface area contributed by atoms with Crippen molar-refractivity contribution in [2.75, 3.05) is 19.5 Å². The summed E-state index contributed by atoms with van der Waals surface area (Å²) in [5.74, 6) is -1.37. The topological polar surface area (TPSA) is 139 Å². The molecule has 1 atom stereocenters. The summed E-state index contributed by atoms with van der Waals surface area (Å²) < 4.78 is 16.3. The number of Topliss-reactive ketones (excluding diaryl/α,β-unsaturated/α-hetero) is 1. The molecule has 0 spiro atoms. The van der Waals surface area contributed by atoms with Gasteiger partial charge in [0.2, 0.25) is 0 Å². The maximum Gasteiger partial charge on any atom is 0.343 e. The SMILES string of the molecule is COc1cccc(NC(=O)/C(CC(=O)CC(c2ccccc2)c2c(O)c3ccccc3oc2=O)=N/NC(C)(C)C)c1OC. The van der Waals surface area contributed by atoms with Crippen molar-refractivity contribution < 1.29 is 28.6 Å². The molecule has 224 valence electrons. The standard InChI is InChI=1S/C33H35N3O7/c1-33(2,3)36-35-25(31(39)34-24-15-11-17-27(41-4)30(24)42-5)19-21(37)18-23(20-12-7-6-8-13-20)28-29(38)22-14-9-10-16-26(22)43-32(28)40/h6-17,23,36,38H,18-19H2,1-5H3,(H,34,39)/b35-25+. The van der Waals surface area contributed by atoms with E-state index in [1.807, 2.05) is 26.8 Å². The van der Waals surface area contributed by atoms with E-state index in [1.54, 1.807) is 66.7 Å². The second-order valence-corrected chi connectivity index (χ2v) is 10.9. The summed E-state index contributed by atoms with van der Waals surface area (Å²) in [4.78, 5) is 40.3. The van der Waals surface area contributed by atoms with Crippen LogP contribution in [0.15, 0.2) is 87.1 Å². The zero-order chi connectivity index (χ0) is 31.1. The molecule has 0 aliphatic carbocycles. The summed E-state index contributed by atoms with van der Waals surface area (Å²) in [5, 5.41) is 18.6. The maximum atomic E-state index is 13.7. The molecule has 3 N–H and O–H groups in total. The molecule has 0 aliphatic heterocycles. The molecule has 0 fully saturated rings. The third-order valence-corrected chi connectivity index (χ3v) is 6.61. The fraction of sp³-hybridized carbons (Fsp3) is 0.273. The van der Waals surface area contributed by atoms with Crippen LogP contribution in [-0.2, 0) is 9.59 Å². The molecule has 0 bridgehead atoms. The average molecular weight is 586 g/mol. The number of amides is 1. The van der Waals surface area contributed by atoms with Crippen molar-refractivity contribution in [1.29, 1.82) is 0 Å². The van der Waals surface area contributed by atoms with Crippen LogP contribution in [0, 0.1) is 0 Å². The van der Waals surface area contributed by atoms with Gasteiger partial charge in [0.25, 0.3) is 5.91 Å². The van der Waals surface area contributed by atoms with E-state index in [1.165, 1.54) is 14.2 Å². The van der Waals surface area contributed by atoms with E-state index in [0.29, 0.717) is 28.1 Å². The molecule has 3 aromatic carbocycles. The molecular formula is C33H35N3O7. The molecule has 10 nitrogen and oxygen atoms in total. The van der Waals surface area contributed by atoms with Gasteiger partial charge in [-0.3, -0.25) is 9.59 Å². The van der Waals surface area contributed by atoms with Gasteiger partial charge in [0.15, 0.2) is 11.5 Å². The Morgan fingerprint density at radius 3 is 2.33 bits per heavy atom. The van der Waals surface area contributed by atoms with Gasteiger partial charge in [-0.15, -0.1) is 0 Å². The van der Waals surface area contributed by atoms with E-state index in [4.69, 9.17) is 13.9 Å². The number of aromatic hydroxyl groups is 1. The molecule has 0 saturated carbocycles. The smallest absolute Gasteiger partial charge is 0.343 e. The van der Waals surface area contributed by atoms with Crippen LogP contribution < -0.4 is 25.8 Å². The summed E-state index contributed by atoms with van der Waals surface area (Å²) in [7, 11) is 2.94. The summed E-state index contributed by atoms with van der Waals surface area (Å²) in [6, 6.07) is 20.6. The molecule has 1 amide bonds. The Balaban J connectivity index is 1.68. The van der Waals surface area contributed by atoms with Crippen molar-refractivity contribution >= 4 is 34.1 Å². The second-order valence-electron chi connectivity index (χ2n) is 10.9. The summed E-state index contributed by atoms with van der Waals surface area (Å²) in [6.07, 6.45) is -0.560. The zero-order valence-corrected chi connectivity index (χ0v) is 24.8. The fourth-order valence-electron chi connectivity index (χ4n) is 4.60. The first-order valence-electron chi connectivity index (χ1n) is 13.7. The lowest BCUT2D eigenvalue weighted by molar-refractivity contribution is -0.119. The lowest BCUT2D eigenvalue weighted by atomic mass is 9.86. The van der Waals surface area contributed by atoms with E-state index in [2.05, 4.69) is 15.8 Å². The third kappa shape index (κ3) is 7.40. The molecule has 1 heterocycles. The van der Waals surface area contributed by atoms with Gasteiger partial charge >= 0.3 is 5.63 Å². The number of carbonyl (C=O) groups is 2. The Morgan fingerprint density at radius 1 is 0.953 bits per heavy atom. The number of hydrogen-bond acceptors (Lipinski definition) is 9. The number of nitrogens with zero attached hydrogens (tertiary/aromatic N) is 1. The predicted octanol–water partition coefficient (Wildman–Crippen LogP) is 5.38. The summed E-state index contributed by atoms with van der Waals surface area (Å²) in [6.45, 7) is 5.60. The Labute approximate surface area is 249 Å². The number of nitrogens with one attached hydrogen (secondary N) is 2. The van der Waals surface area contributed by atoms with Crippen LogP contribution in [0.5, 0.6) is 17.2 Å². The lowest BCUT2D eigenvalue weighted by Crippen LogP contribution is -2.35. The number of rotatable bonds is 11. The van der Waals surface area contributed by atoms with Crippen LogP contribution in [0.2, 0.25) is 0 Å². The normalized spacial score (nSPS) is 12.4. The maximum absolute atomic E-state index is 13.7. The van der Waals surface area contributed by atoms with Gasteiger partial charge in [-0.05, 0) is 50.6 Å². The number of ketones is 1. The average Bonchev–Trinajstić information content (AvgIpc) is 2.98. The number of benzene rings is 3. The van der Waals surface area contributed by atoms with Crippen LogP contribution in [0.25, 0.3) is 11.0 Å². The second kappa shape index (κ2) is 13.2. The van der Waals surface area contributed by atoms with Crippen molar-refractivity contribution in [2.45, 2.75) is 45.1 Å². The van der Waals surface area contributed by atoms with E-state index in [0.717, 1.165) is 0 Å². The molecule has 10 heteroatoms. The minimum atomic E-state index is -0.840. The molecule has 0 aliphatic rings. The number of carbonyl (C=O) groups excluding carboxylic acids is 2. The quantitative estimate of drug-likeness (QED) is 0.121. The molecule has 4 rings (SSSR count). The highest BCUT2D eigenvalue weighted by molar-refractivity contribution is 6.45. The highest BCUT2D eigenvalue weighted by Gasteiger charge is 2.29. The van der Waals surface area contributed by atoms with Crippen molar-refractivity contribution in [2.24, 2.45) is 5.10 Å². The molecular weight excluding hydrogens is 550 g/mol. The first kappa shape index (κ1) is 30.8. The molecule has 0 radical (unpaired) electrons. The number of methoxy groups -OCH3 is 2. The minimum absolute atomic E-state index is 0.0323. The van der Waals surface area contributed by atoms with Gasteiger partial charge < -0.3 is 29.7 Å². The van der Waals surface area contributed by atoms with Gasteiger partial charge in [0, 0.05) is 17.9 Å². The fourth-order valence-corrected chi connectivity index (χ4v) is 4.60. The van der Waals surface area contributed by atoms with Crippen LogP contribution in [-0.4, -0.2) is 42.3 Å². The van der Waals surface area contributed by atoms with Gasteiger partial charge in [-0.25, -0.2) is 4.79 Å². The van der Waals surface area contributed by atoms with Crippen LogP contribution in [0.4, 0.5) is 5.69 Å². The van der Waals surface area contributed by atoms with Crippen molar-refractivity contribution in [1.82, 2.24) is 5.43 Å². The largest absolute Gasteiger partial charge is 0.507 e. The predicted molar refractivity (Wildman–Crippen MR) is 165 cm³/mol. The van der Waals surface area contributed by atoms with Crippen molar-refractivity contribution in [3.05, 3.63) is 94.3 Å². The Hall–Kier alpha value is -5.12.